The van der Waals surface area contributed by atoms with Gasteiger partial charge >= 0.3 is 0 Å². The smallest absolute Gasteiger partial charge is 0.254 e. The first-order valence-electron chi connectivity index (χ1n) is 9.04. The van der Waals surface area contributed by atoms with Gasteiger partial charge in [0.2, 0.25) is 0 Å². The summed E-state index contributed by atoms with van der Waals surface area (Å²) in [6.07, 6.45) is 1.47. The topological polar surface area (TPSA) is 54.5 Å². The van der Waals surface area contributed by atoms with Crippen LogP contribution in [0.2, 0.25) is 0 Å². The van der Waals surface area contributed by atoms with Gasteiger partial charge in [-0.05, 0) is 42.5 Å². The summed E-state index contributed by atoms with van der Waals surface area (Å²) in [5, 5.41) is 0. The van der Waals surface area contributed by atoms with E-state index in [0.29, 0.717) is 18.5 Å². The van der Waals surface area contributed by atoms with Gasteiger partial charge in [-0.15, -0.1) is 0 Å². The van der Waals surface area contributed by atoms with Crippen molar-refractivity contribution >= 4 is 15.7 Å². The average Bonchev–Trinajstić information content (AvgIpc) is 2.99. The Hall–Kier alpha value is -2.14. The number of benzene rings is 2. The van der Waals surface area contributed by atoms with Crippen LogP contribution in [0.3, 0.4) is 0 Å². The molecule has 138 valence electrons. The van der Waals surface area contributed by atoms with Crippen LogP contribution in [0.4, 0.5) is 0 Å². The highest BCUT2D eigenvalue weighted by atomic mass is 32.2. The molecule has 5 heteroatoms. The third-order valence-corrected chi connectivity index (χ3v) is 6.82. The summed E-state index contributed by atoms with van der Waals surface area (Å²) >= 11 is 0. The molecule has 0 spiro atoms. The molecular formula is C21H25NO3S. The number of rotatable bonds is 5. The quantitative estimate of drug-likeness (QED) is 0.810. The fraction of sp³-hybridized carbons (Fsp3) is 0.381. The second-order valence-electron chi connectivity index (χ2n) is 6.97. The minimum absolute atomic E-state index is 0.0532. The first-order chi connectivity index (χ1) is 12.4. The highest BCUT2D eigenvalue weighted by molar-refractivity contribution is 7.91. The van der Waals surface area contributed by atoms with Crippen molar-refractivity contribution in [2.24, 2.45) is 0 Å². The number of carbonyl (C=O) groups is 1. The highest BCUT2D eigenvalue weighted by Gasteiger charge is 2.35. The van der Waals surface area contributed by atoms with Crippen LogP contribution in [0.25, 0.3) is 0 Å². The Kier molecular flexibility index (Phi) is 5.47. The zero-order chi connectivity index (χ0) is 18.7. The lowest BCUT2D eigenvalue weighted by molar-refractivity contribution is 0.0680. The normalized spacial score (nSPS) is 18.6. The largest absolute Gasteiger partial charge is 0.330 e. The summed E-state index contributed by atoms with van der Waals surface area (Å²) in [5.74, 6) is 0.117. The van der Waals surface area contributed by atoms with Gasteiger partial charge < -0.3 is 4.90 Å². The average molecular weight is 372 g/mol. The van der Waals surface area contributed by atoms with E-state index in [9.17, 15) is 13.2 Å². The molecule has 0 bridgehead atoms. The second kappa shape index (κ2) is 7.62. The van der Waals surface area contributed by atoms with Crippen molar-refractivity contribution in [1.82, 2.24) is 4.90 Å². The molecule has 26 heavy (non-hydrogen) atoms. The number of nitrogens with zero attached hydrogens (tertiary/aromatic N) is 1. The number of hydrogen-bond donors (Lipinski definition) is 0. The predicted octanol–water partition coefficient (Wildman–Crippen LogP) is 3.39. The van der Waals surface area contributed by atoms with Gasteiger partial charge in [-0.25, -0.2) is 8.42 Å². The van der Waals surface area contributed by atoms with Crippen molar-refractivity contribution in [1.29, 1.82) is 0 Å². The molecule has 1 amide bonds. The Balaban J connectivity index is 1.91. The third-order valence-electron chi connectivity index (χ3n) is 5.07. The molecular weight excluding hydrogens is 346 g/mol. The van der Waals surface area contributed by atoms with Gasteiger partial charge in [-0.1, -0.05) is 49.4 Å². The van der Waals surface area contributed by atoms with Crippen molar-refractivity contribution < 1.29 is 13.2 Å². The predicted molar refractivity (Wildman–Crippen MR) is 104 cm³/mol. The summed E-state index contributed by atoms with van der Waals surface area (Å²) < 4.78 is 23.9. The first-order valence-corrected chi connectivity index (χ1v) is 10.9. The highest BCUT2D eigenvalue weighted by Crippen LogP contribution is 2.23. The van der Waals surface area contributed by atoms with Gasteiger partial charge in [0.25, 0.3) is 5.91 Å². The lowest BCUT2D eigenvalue weighted by atomic mass is 10.0. The molecule has 1 atom stereocenters. The van der Waals surface area contributed by atoms with Gasteiger partial charge in [-0.2, -0.15) is 0 Å². The van der Waals surface area contributed by atoms with Crippen LogP contribution in [-0.2, 0) is 22.8 Å². The molecule has 0 unspecified atom stereocenters. The number of sulfone groups is 1. The SMILES string of the molecule is CCc1ccc(CN(C(=O)c2ccccc2C)[C@H]2CCS(=O)(=O)C2)cc1. The fourth-order valence-corrected chi connectivity index (χ4v) is 5.16. The van der Waals surface area contributed by atoms with Crippen LogP contribution in [0.1, 0.15) is 40.4 Å². The molecule has 2 aromatic rings. The van der Waals surface area contributed by atoms with E-state index in [2.05, 4.69) is 19.1 Å². The molecule has 1 saturated heterocycles. The zero-order valence-corrected chi connectivity index (χ0v) is 16.1. The Bertz CT molecular complexity index is 888. The molecule has 0 aliphatic carbocycles. The number of amides is 1. The van der Waals surface area contributed by atoms with Gasteiger partial charge in [0.05, 0.1) is 11.5 Å². The van der Waals surface area contributed by atoms with Gasteiger partial charge in [0, 0.05) is 18.2 Å². The number of aryl methyl sites for hydroxylation is 2. The molecule has 2 aromatic carbocycles. The second-order valence-corrected chi connectivity index (χ2v) is 9.20. The molecule has 1 aliphatic heterocycles. The van der Waals surface area contributed by atoms with Crippen molar-refractivity contribution in [3.63, 3.8) is 0 Å². The Morgan fingerprint density at radius 3 is 2.31 bits per heavy atom. The van der Waals surface area contributed by atoms with E-state index in [-0.39, 0.29) is 23.5 Å². The standard InChI is InChI=1S/C21H25NO3S/c1-3-17-8-10-18(11-9-17)14-22(19-12-13-26(24,25)15-19)21(23)20-7-5-4-6-16(20)2/h4-11,19H,3,12-15H2,1-2H3/t19-/m0/s1. The van der Waals surface area contributed by atoms with Crippen molar-refractivity contribution in [3.05, 3.63) is 70.8 Å². The van der Waals surface area contributed by atoms with Crippen LogP contribution < -0.4 is 0 Å². The van der Waals surface area contributed by atoms with Crippen LogP contribution in [0.5, 0.6) is 0 Å². The van der Waals surface area contributed by atoms with Gasteiger partial charge in [0.1, 0.15) is 0 Å². The van der Waals surface area contributed by atoms with Gasteiger partial charge in [-0.3, -0.25) is 4.79 Å². The molecule has 0 N–H and O–H groups in total. The lowest BCUT2D eigenvalue weighted by Crippen LogP contribution is -2.40. The van der Waals surface area contributed by atoms with Crippen LogP contribution in [-0.4, -0.2) is 36.8 Å². The molecule has 4 nitrogen and oxygen atoms in total. The number of hydrogen-bond acceptors (Lipinski definition) is 3. The molecule has 3 rings (SSSR count). The Labute approximate surface area is 155 Å². The summed E-state index contributed by atoms with van der Waals surface area (Å²) in [7, 11) is -3.06. The monoisotopic (exact) mass is 371 g/mol. The summed E-state index contributed by atoms with van der Waals surface area (Å²) in [5.41, 5.74) is 3.81. The minimum atomic E-state index is -3.06. The lowest BCUT2D eigenvalue weighted by Gasteiger charge is -2.29. The van der Waals surface area contributed by atoms with E-state index in [1.165, 1.54) is 5.56 Å². The van der Waals surface area contributed by atoms with Crippen molar-refractivity contribution in [2.45, 2.75) is 39.3 Å². The van der Waals surface area contributed by atoms with Crippen LogP contribution in [0.15, 0.2) is 48.5 Å². The maximum atomic E-state index is 13.2. The number of carbonyl (C=O) groups excluding carboxylic acids is 1. The van der Waals surface area contributed by atoms with Crippen LogP contribution >= 0.6 is 0 Å². The molecule has 1 heterocycles. The summed E-state index contributed by atoms with van der Waals surface area (Å²) in [4.78, 5) is 15.0. The van der Waals surface area contributed by atoms with E-state index in [1.54, 1.807) is 4.90 Å². The molecule has 0 radical (unpaired) electrons. The van der Waals surface area contributed by atoms with Crippen molar-refractivity contribution in [2.75, 3.05) is 11.5 Å². The zero-order valence-electron chi connectivity index (χ0n) is 15.3. The fourth-order valence-electron chi connectivity index (χ4n) is 3.43. The Morgan fingerprint density at radius 2 is 1.73 bits per heavy atom. The Morgan fingerprint density at radius 1 is 1.08 bits per heavy atom. The van der Waals surface area contributed by atoms with Gasteiger partial charge in [0.15, 0.2) is 9.84 Å². The molecule has 0 saturated carbocycles. The van der Waals surface area contributed by atoms with E-state index in [0.717, 1.165) is 17.5 Å². The van der Waals surface area contributed by atoms with E-state index < -0.39 is 9.84 Å². The molecule has 0 aromatic heterocycles. The third kappa shape index (κ3) is 4.15. The van der Waals surface area contributed by atoms with Crippen LogP contribution in [0, 0.1) is 6.92 Å². The minimum Gasteiger partial charge on any atom is -0.330 e. The maximum absolute atomic E-state index is 13.2. The van der Waals surface area contributed by atoms with E-state index in [1.807, 2.05) is 43.3 Å². The maximum Gasteiger partial charge on any atom is 0.254 e. The molecule has 1 fully saturated rings. The van der Waals surface area contributed by atoms with E-state index in [4.69, 9.17) is 0 Å². The van der Waals surface area contributed by atoms with Crippen molar-refractivity contribution in [3.8, 4) is 0 Å². The first kappa shape index (κ1) is 18.6. The van der Waals surface area contributed by atoms with E-state index >= 15 is 0 Å². The molecule has 1 aliphatic rings. The summed E-state index contributed by atoms with van der Waals surface area (Å²) in [6.45, 7) is 4.44. The summed E-state index contributed by atoms with van der Waals surface area (Å²) in [6, 6.07) is 15.4.